The first-order valence-corrected chi connectivity index (χ1v) is 7.25. The fourth-order valence-electron chi connectivity index (χ4n) is 2.56. The lowest BCUT2D eigenvalue weighted by Gasteiger charge is -2.26. The summed E-state index contributed by atoms with van der Waals surface area (Å²) in [6, 6.07) is 0.00152. The molecule has 0 aliphatic heterocycles. The lowest BCUT2D eigenvalue weighted by Crippen LogP contribution is -2.39. The van der Waals surface area contributed by atoms with E-state index < -0.39 is 12.0 Å². The third-order valence-corrected chi connectivity index (χ3v) is 4.04. The minimum atomic E-state index is -0.747. The van der Waals surface area contributed by atoms with E-state index in [2.05, 4.69) is 12.2 Å². The van der Waals surface area contributed by atoms with Crippen LogP contribution >= 0.6 is 0 Å². The third-order valence-electron chi connectivity index (χ3n) is 4.04. The van der Waals surface area contributed by atoms with Crippen LogP contribution in [-0.4, -0.2) is 35.9 Å². The van der Waals surface area contributed by atoms with Crippen LogP contribution in [0.4, 0.5) is 0 Å². The van der Waals surface area contributed by atoms with Crippen LogP contribution in [0, 0.1) is 5.92 Å². The zero-order chi connectivity index (χ0) is 13.0. The second-order valence-corrected chi connectivity index (χ2v) is 5.87. The number of carboxylic acids is 1. The predicted octanol–water partition coefficient (Wildman–Crippen LogP) is 2.18. The SMILES string of the molecule is CC1CCC(OCCC(NC2CC2)C(=O)O)CC1. The van der Waals surface area contributed by atoms with Gasteiger partial charge < -0.3 is 15.2 Å². The highest BCUT2D eigenvalue weighted by atomic mass is 16.5. The molecule has 2 saturated carbocycles. The van der Waals surface area contributed by atoms with E-state index >= 15 is 0 Å². The molecule has 0 heterocycles. The Kier molecular flexibility index (Phi) is 5.01. The van der Waals surface area contributed by atoms with E-state index in [9.17, 15) is 4.79 Å². The molecule has 4 heteroatoms. The molecule has 0 spiro atoms. The lowest BCUT2D eigenvalue weighted by atomic mass is 9.89. The maximum atomic E-state index is 11.1. The molecule has 0 aromatic heterocycles. The van der Waals surface area contributed by atoms with Gasteiger partial charge >= 0.3 is 5.97 Å². The largest absolute Gasteiger partial charge is 0.480 e. The lowest BCUT2D eigenvalue weighted by molar-refractivity contribution is -0.140. The van der Waals surface area contributed by atoms with E-state index in [1.807, 2.05) is 0 Å². The number of hydrogen-bond donors (Lipinski definition) is 2. The molecule has 0 bridgehead atoms. The van der Waals surface area contributed by atoms with Crippen molar-refractivity contribution < 1.29 is 14.6 Å². The highest BCUT2D eigenvalue weighted by Gasteiger charge is 2.28. The Hall–Kier alpha value is -0.610. The molecule has 4 nitrogen and oxygen atoms in total. The maximum Gasteiger partial charge on any atom is 0.320 e. The molecule has 1 atom stereocenters. The van der Waals surface area contributed by atoms with Crippen molar-refractivity contribution in [2.75, 3.05) is 6.61 Å². The van der Waals surface area contributed by atoms with Gasteiger partial charge in [0.25, 0.3) is 0 Å². The molecule has 0 saturated heterocycles. The van der Waals surface area contributed by atoms with Crippen molar-refractivity contribution in [3.8, 4) is 0 Å². The summed E-state index contributed by atoms with van der Waals surface area (Å²) in [4.78, 5) is 11.1. The summed E-state index contributed by atoms with van der Waals surface area (Å²) in [7, 11) is 0. The third kappa shape index (κ3) is 4.58. The van der Waals surface area contributed by atoms with Gasteiger partial charge in [-0.3, -0.25) is 4.79 Å². The topological polar surface area (TPSA) is 58.6 Å². The average Bonchev–Trinajstić information content (AvgIpc) is 3.14. The fourth-order valence-corrected chi connectivity index (χ4v) is 2.56. The highest BCUT2D eigenvalue weighted by molar-refractivity contribution is 5.73. The molecule has 104 valence electrons. The Morgan fingerprint density at radius 1 is 1.28 bits per heavy atom. The summed E-state index contributed by atoms with van der Waals surface area (Å²) >= 11 is 0. The molecular weight excluding hydrogens is 230 g/mol. The molecule has 18 heavy (non-hydrogen) atoms. The van der Waals surface area contributed by atoms with E-state index in [1.165, 1.54) is 12.8 Å². The van der Waals surface area contributed by atoms with Crippen LogP contribution in [0.2, 0.25) is 0 Å². The van der Waals surface area contributed by atoms with Gasteiger partial charge in [-0.15, -0.1) is 0 Å². The van der Waals surface area contributed by atoms with Crippen LogP contribution in [-0.2, 0) is 9.53 Å². The van der Waals surface area contributed by atoms with E-state index in [0.29, 0.717) is 25.2 Å². The first-order valence-electron chi connectivity index (χ1n) is 7.25. The van der Waals surface area contributed by atoms with Gasteiger partial charge in [-0.05, 0) is 50.9 Å². The number of carboxylic acid groups (broad SMARTS) is 1. The second-order valence-electron chi connectivity index (χ2n) is 5.87. The minimum absolute atomic E-state index is 0.358. The van der Waals surface area contributed by atoms with Gasteiger partial charge in [0.1, 0.15) is 6.04 Å². The van der Waals surface area contributed by atoms with Crippen molar-refractivity contribution in [2.45, 2.75) is 70.1 Å². The molecule has 2 N–H and O–H groups in total. The van der Waals surface area contributed by atoms with Gasteiger partial charge in [-0.1, -0.05) is 6.92 Å². The summed E-state index contributed by atoms with van der Waals surface area (Å²) in [6.45, 7) is 2.85. The van der Waals surface area contributed by atoms with E-state index in [4.69, 9.17) is 9.84 Å². The Morgan fingerprint density at radius 2 is 1.94 bits per heavy atom. The molecule has 2 fully saturated rings. The van der Waals surface area contributed by atoms with E-state index in [1.54, 1.807) is 0 Å². The summed E-state index contributed by atoms with van der Waals surface area (Å²) in [5.41, 5.74) is 0. The van der Waals surface area contributed by atoms with Crippen LogP contribution in [0.25, 0.3) is 0 Å². The Labute approximate surface area is 109 Å². The Morgan fingerprint density at radius 3 is 2.50 bits per heavy atom. The number of rotatable bonds is 7. The summed E-state index contributed by atoms with van der Waals surface area (Å²) in [5, 5.41) is 12.3. The summed E-state index contributed by atoms with van der Waals surface area (Å²) in [5.74, 6) is 0.0796. The van der Waals surface area contributed by atoms with E-state index in [-0.39, 0.29) is 0 Å². The molecule has 2 rings (SSSR count). The van der Waals surface area contributed by atoms with Gasteiger partial charge in [-0.2, -0.15) is 0 Å². The minimum Gasteiger partial charge on any atom is -0.480 e. The zero-order valence-electron chi connectivity index (χ0n) is 11.2. The quantitative estimate of drug-likeness (QED) is 0.732. The standard InChI is InChI=1S/C14H25NO3/c1-10-2-6-12(7-3-10)18-9-8-13(14(16)17)15-11-4-5-11/h10-13,15H,2-9H2,1H3,(H,16,17). The van der Waals surface area contributed by atoms with Crippen molar-refractivity contribution in [3.05, 3.63) is 0 Å². The molecule has 2 aliphatic carbocycles. The van der Waals surface area contributed by atoms with Crippen molar-refractivity contribution in [1.29, 1.82) is 0 Å². The molecule has 2 aliphatic rings. The smallest absolute Gasteiger partial charge is 0.320 e. The molecule has 0 amide bonds. The highest BCUT2D eigenvalue weighted by Crippen LogP contribution is 2.25. The van der Waals surface area contributed by atoms with Crippen molar-refractivity contribution in [3.63, 3.8) is 0 Å². The molecular formula is C14H25NO3. The summed E-state index contributed by atoms with van der Waals surface area (Å²) in [6.07, 6.45) is 7.93. The Balaban J connectivity index is 1.61. The normalized spacial score (nSPS) is 30.1. The molecule has 0 aromatic rings. The van der Waals surface area contributed by atoms with Crippen LogP contribution in [0.15, 0.2) is 0 Å². The molecule has 0 radical (unpaired) electrons. The first kappa shape index (κ1) is 13.8. The molecule has 1 unspecified atom stereocenters. The first-order chi connectivity index (χ1) is 8.65. The summed E-state index contributed by atoms with van der Waals surface area (Å²) < 4.78 is 5.81. The number of carbonyl (C=O) groups is 1. The van der Waals surface area contributed by atoms with Crippen LogP contribution in [0.5, 0.6) is 0 Å². The second kappa shape index (κ2) is 6.53. The predicted molar refractivity (Wildman–Crippen MR) is 69.6 cm³/mol. The Bertz CT molecular complexity index is 270. The van der Waals surface area contributed by atoms with Gasteiger partial charge in [0.15, 0.2) is 0 Å². The van der Waals surface area contributed by atoms with Crippen molar-refractivity contribution in [2.24, 2.45) is 5.92 Å². The zero-order valence-corrected chi connectivity index (χ0v) is 11.2. The number of aliphatic carboxylic acids is 1. The number of nitrogens with one attached hydrogen (secondary N) is 1. The van der Waals surface area contributed by atoms with Crippen LogP contribution in [0.1, 0.15) is 51.9 Å². The average molecular weight is 255 g/mol. The fraction of sp³-hybridized carbons (Fsp3) is 0.929. The van der Waals surface area contributed by atoms with Crippen LogP contribution in [0.3, 0.4) is 0 Å². The van der Waals surface area contributed by atoms with Gasteiger partial charge in [0, 0.05) is 12.6 Å². The monoisotopic (exact) mass is 255 g/mol. The van der Waals surface area contributed by atoms with Crippen molar-refractivity contribution >= 4 is 5.97 Å². The molecule has 0 aromatic carbocycles. The number of hydrogen-bond acceptors (Lipinski definition) is 3. The van der Waals surface area contributed by atoms with Gasteiger partial charge in [-0.25, -0.2) is 0 Å². The van der Waals surface area contributed by atoms with Crippen LogP contribution < -0.4 is 5.32 Å². The van der Waals surface area contributed by atoms with Gasteiger partial charge in [0.2, 0.25) is 0 Å². The van der Waals surface area contributed by atoms with E-state index in [0.717, 1.165) is 31.6 Å². The van der Waals surface area contributed by atoms with Gasteiger partial charge in [0.05, 0.1) is 6.10 Å². The maximum absolute atomic E-state index is 11.1. The number of ether oxygens (including phenoxy) is 1. The van der Waals surface area contributed by atoms with Crippen molar-refractivity contribution in [1.82, 2.24) is 5.32 Å².